The molecule has 1 aromatic carbocycles. The third-order valence-electron chi connectivity index (χ3n) is 4.81. The van der Waals surface area contributed by atoms with Crippen LogP contribution in [0.4, 0.5) is 5.69 Å². The first kappa shape index (κ1) is 17.7. The van der Waals surface area contributed by atoms with E-state index in [-0.39, 0.29) is 5.91 Å². The van der Waals surface area contributed by atoms with Crippen molar-refractivity contribution in [1.82, 2.24) is 24.7 Å². The highest BCUT2D eigenvalue weighted by Gasteiger charge is 2.21. The van der Waals surface area contributed by atoms with Gasteiger partial charge in [-0.25, -0.2) is 0 Å². The molecule has 1 aliphatic rings. The van der Waals surface area contributed by atoms with E-state index in [2.05, 4.69) is 32.3 Å². The Hall–Kier alpha value is -2.68. The lowest BCUT2D eigenvalue weighted by molar-refractivity contribution is -0.131. The lowest BCUT2D eigenvalue weighted by Gasteiger charge is -2.36. The number of anilines is 1. The van der Waals surface area contributed by atoms with E-state index in [1.165, 1.54) is 11.3 Å². The number of hydrogen-bond acceptors (Lipinski definition) is 7. The Kier molecular flexibility index (Phi) is 4.93. The second-order valence-electron chi connectivity index (χ2n) is 6.50. The zero-order valence-corrected chi connectivity index (χ0v) is 16.3. The molecule has 0 spiro atoms. The van der Waals surface area contributed by atoms with Crippen LogP contribution in [-0.4, -0.2) is 63.9 Å². The zero-order valence-electron chi connectivity index (χ0n) is 15.5. The van der Waals surface area contributed by atoms with E-state index in [9.17, 15) is 4.79 Å². The average Bonchev–Trinajstić information content (AvgIpc) is 3.28. The van der Waals surface area contributed by atoms with Gasteiger partial charge in [-0.05, 0) is 31.2 Å². The van der Waals surface area contributed by atoms with Crippen molar-refractivity contribution in [2.45, 2.75) is 19.8 Å². The monoisotopic (exact) mass is 386 g/mol. The van der Waals surface area contributed by atoms with Crippen LogP contribution in [0.15, 0.2) is 24.3 Å². The minimum atomic E-state index is 0.187. The van der Waals surface area contributed by atoms with Crippen molar-refractivity contribution >= 4 is 27.9 Å². The number of rotatable bonds is 5. The molecule has 142 valence electrons. The molecule has 27 heavy (non-hydrogen) atoms. The normalized spacial score (nSPS) is 14.7. The highest BCUT2D eigenvalue weighted by Crippen LogP contribution is 2.21. The molecule has 1 saturated heterocycles. The molecule has 0 saturated carbocycles. The molecule has 1 aliphatic heterocycles. The number of benzene rings is 1. The number of amides is 1. The molecule has 2 aromatic heterocycles. The first-order valence-electron chi connectivity index (χ1n) is 8.98. The van der Waals surface area contributed by atoms with E-state index >= 15 is 0 Å². The van der Waals surface area contributed by atoms with Gasteiger partial charge >= 0.3 is 0 Å². The summed E-state index contributed by atoms with van der Waals surface area (Å²) < 4.78 is 6.94. The summed E-state index contributed by atoms with van der Waals surface area (Å²) >= 11 is 1.50. The molecule has 3 aromatic rings. The van der Waals surface area contributed by atoms with Gasteiger partial charge in [0.15, 0.2) is 5.82 Å². The van der Waals surface area contributed by atoms with Gasteiger partial charge in [-0.1, -0.05) is 11.3 Å². The SMILES string of the molecule is COc1ccc(N2CCN(C(=O)CCc3nn4c(C)nnc4s3)CC2)cc1. The summed E-state index contributed by atoms with van der Waals surface area (Å²) in [4.78, 5) is 17.6. The molecular formula is C18H22N6O2S. The Balaban J connectivity index is 1.28. The van der Waals surface area contributed by atoms with E-state index in [0.29, 0.717) is 12.8 Å². The molecule has 0 aliphatic carbocycles. The number of piperazine rings is 1. The van der Waals surface area contributed by atoms with E-state index in [4.69, 9.17) is 4.74 Å². The number of carbonyl (C=O) groups is 1. The number of hydrogen-bond donors (Lipinski definition) is 0. The average molecular weight is 386 g/mol. The van der Waals surface area contributed by atoms with Gasteiger partial charge in [-0.3, -0.25) is 4.79 Å². The second-order valence-corrected chi connectivity index (χ2v) is 7.54. The number of ether oxygens (including phenoxy) is 1. The van der Waals surface area contributed by atoms with Crippen LogP contribution in [0.25, 0.3) is 4.96 Å². The third kappa shape index (κ3) is 3.73. The van der Waals surface area contributed by atoms with Crippen molar-refractivity contribution in [2.75, 3.05) is 38.2 Å². The van der Waals surface area contributed by atoms with Gasteiger partial charge in [0, 0.05) is 44.7 Å². The molecule has 0 radical (unpaired) electrons. The lowest BCUT2D eigenvalue weighted by Crippen LogP contribution is -2.48. The van der Waals surface area contributed by atoms with Gasteiger partial charge in [0.2, 0.25) is 10.9 Å². The Morgan fingerprint density at radius 3 is 2.56 bits per heavy atom. The topological polar surface area (TPSA) is 75.9 Å². The molecular weight excluding hydrogens is 364 g/mol. The van der Waals surface area contributed by atoms with Crippen LogP contribution in [-0.2, 0) is 11.2 Å². The van der Waals surface area contributed by atoms with Crippen LogP contribution in [0, 0.1) is 6.92 Å². The van der Waals surface area contributed by atoms with Gasteiger partial charge in [0.25, 0.3) is 0 Å². The Labute approximate surface area is 161 Å². The predicted octanol–water partition coefficient (Wildman–Crippen LogP) is 1.78. The molecule has 3 heterocycles. The molecule has 0 N–H and O–H groups in total. The standard InChI is InChI=1S/C18H22N6O2S/c1-13-19-20-18-24(13)21-16(27-18)7-8-17(25)23-11-9-22(10-12-23)14-3-5-15(26-2)6-4-14/h3-6H,7-12H2,1-2H3. The first-order valence-corrected chi connectivity index (χ1v) is 9.80. The molecule has 8 nitrogen and oxygen atoms in total. The number of aromatic nitrogens is 4. The maximum Gasteiger partial charge on any atom is 0.234 e. The molecule has 0 atom stereocenters. The van der Waals surface area contributed by atoms with E-state index < -0.39 is 0 Å². The summed E-state index contributed by atoms with van der Waals surface area (Å²) in [5.74, 6) is 1.81. The number of nitrogens with zero attached hydrogens (tertiary/aromatic N) is 6. The van der Waals surface area contributed by atoms with Crippen molar-refractivity contribution in [3.8, 4) is 5.75 Å². The summed E-state index contributed by atoms with van der Waals surface area (Å²) in [5.41, 5.74) is 1.16. The van der Waals surface area contributed by atoms with E-state index in [0.717, 1.165) is 53.4 Å². The van der Waals surface area contributed by atoms with Crippen LogP contribution in [0.3, 0.4) is 0 Å². The largest absolute Gasteiger partial charge is 0.497 e. The predicted molar refractivity (Wildman–Crippen MR) is 104 cm³/mol. The number of fused-ring (bicyclic) bond motifs is 1. The highest BCUT2D eigenvalue weighted by molar-refractivity contribution is 7.16. The van der Waals surface area contributed by atoms with Gasteiger partial charge in [0.1, 0.15) is 10.8 Å². The fourth-order valence-corrected chi connectivity index (χ4v) is 4.11. The van der Waals surface area contributed by atoms with Crippen LogP contribution in [0.1, 0.15) is 17.3 Å². The Bertz CT molecular complexity index is 927. The lowest BCUT2D eigenvalue weighted by atomic mass is 10.2. The Morgan fingerprint density at radius 2 is 1.89 bits per heavy atom. The zero-order chi connectivity index (χ0) is 18.8. The fourth-order valence-electron chi connectivity index (χ4n) is 3.23. The summed E-state index contributed by atoms with van der Waals surface area (Å²) in [6, 6.07) is 8.06. The molecule has 1 fully saturated rings. The molecule has 1 amide bonds. The van der Waals surface area contributed by atoms with Crippen LogP contribution >= 0.6 is 11.3 Å². The van der Waals surface area contributed by atoms with E-state index in [1.807, 2.05) is 24.0 Å². The molecule has 0 unspecified atom stereocenters. The van der Waals surface area contributed by atoms with E-state index in [1.54, 1.807) is 11.6 Å². The second kappa shape index (κ2) is 7.51. The maximum absolute atomic E-state index is 12.6. The van der Waals surface area contributed by atoms with Gasteiger partial charge in [0.05, 0.1) is 7.11 Å². The van der Waals surface area contributed by atoms with Crippen molar-refractivity contribution in [2.24, 2.45) is 0 Å². The van der Waals surface area contributed by atoms with Crippen LogP contribution in [0.5, 0.6) is 5.75 Å². The third-order valence-corrected chi connectivity index (χ3v) is 5.77. The van der Waals surface area contributed by atoms with Crippen molar-refractivity contribution in [3.63, 3.8) is 0 Å². The van der Waals surface area contributed by atoms with Crippen molar-refractivity contribution in [1.29, 1.82) is 0 Å². The highest BCUT2D eigenvalue weighted by atomic mass is 32.1. The van der Waals surface area contributed by atoms with Crippen LogP contribution < -0.4 is 9.64 Å². The van der Waals surface area contributed by atoms with Gasteiger partial charge in [-0.15, -0.1) is 10.2 Å². The Morgan fingerprint density at radius 1 is 1.15 bits per heavy atom. The first-order chi connectivity index (χ1) is 13.1. The minimum absolute atomic E-state index is 0.187. The fraction of sp³-hybridized carbons (Fsp3) is 0.444. The maximum atomic E-state index is 12.6. The summed E-state index contributed by atoms with van der Waals surface area (Å²) in [6.07, 6.45) is 1.12. The van der Waals surface area contributed by atoms with Crippen molar-refractivity contribution in [3.05, 3.63) is 35.1 Å². The number of methoxy groups -OCH3 is 1. The van der Waals surface area contributed by atoms with Gasteiger partial charge in [-0.2, -0.15) is 9.61 Å². The molecule has 4 rings (SSSR count). The van der Waals surface area contributed by atoms with Gasteiger partial charge < -0.3 is 14.5 Å². The molecule has 0 bridgehead atoms. The molecule has 9 heteroatoms. The number of carbonyl (C=O) groups excluding carboxylic acids is 1. The van der Waals surface area contributed by atoms with Crippen LogP contribution in [0.2, 0.25) is 0 Å². The summed E-state index contributed by atoms with van der Waals surface area (Å²) in [7, 11) is 1.67. The van der Waals surface area contributed by atoms with Crippen molar-refractivity contribution < 1.29 is 9.53 Å². The summed E-state index contributed by atoms with van der Waals surface area (Å²) in [5, 5.41) is 13.4. The summed E-state index contributed by atoms with van der Waals surface area (Å²) in [6.45, 7) is 5.04. The minimum Gasteiger partial charge on any atom is -0.497 e. The smallest absolute Gasteiger partial charge is 0.234 e. The quantitative estimate of drug-likeness (QED) is 0.665. The number of aryl methyl sites for hydroxylation is 2.